The molecular weight excluding hydrogens is 239 g/mol. The molecule has 1 aromatic carbocycles. The first kappa shape index (κ1) is 15.5. The molecule has 0 unspecified atom stereocenters. The number of hydrogen-bond donors (Lipinski definition) is 1. The molecule has 1 N–H and O–H groups in total. The average Bonchev–Trinajstić information content (AvgIpc) is 2.15. The second kappa shape index (κ2) is 7.74. The average molecular weight is 251 g/mol. The Bertz CT molecular complexity index is 379. The van der Waals surface area contributed by atoms with Gasteiger partial charge in [0.05, 0.1) is 11.4 Å². The van der Waals surface area contributed by atoms with E-state index < -0.39 is 5.97 Å². The van der Waals surface area contributed by atoms with Crippen molar-refractivity contribution < 1.29 is 14.6 Å². The fourth-order valence-corrected chi connectivity index (χ4v) is 1.35. The van der Waals surface area contributed by atoms with Gasteiger partial charge in [0.25, 0.3) is 0 Å². The topological polar surface area (TPSA) is 46.5 Å². The fourth-order valence-electron chi connectivity index (χ4n) is 1.09. The Balaban J connectivity index is 0.00000225. The van der Waals surface area contributed by atoms with Crippen LogP contribution < -0.4 is 4.74 Å². The SMILES string of the molecule is C=CCOc1ccc(CC(=O)O)cc1Cl.[NaH]. The molecule has 0 aliphatic rings. The van der Waals surface area contributed by atoms with Gasteiger partial charge in [-0.1, -0.05) is 30.3 Å². The molecule has 0 bridgehead atoms. The molecule has 0 saturated carbocycles. The van der Waals surface area contributed by atoms with Gasteiger partial charge in [-0.3, -0.25) is 4.79 Å². The van der Waals surface area contributed by atoms with E-state index in [9.17, 15) is 4.79 Å². The summed E-state index contributed by atoms with van der Waals surface area (Å²) in [6, 6.07) is 4.93. The van der Waals surface area contributed by atoms with E-state index in [1.807, 2.05) is 0 Å². The van der Waals surface area contributed by atoms with Gasteiger partial charge in [-0.15, -0.1) is 0 Å². The minimum atomic E-state index is -0.883. The van der Waals surface area contributed by atoms with Crippen LogP contribution in [-0.2, 0) is 11.2 Å². The molecule has 1 rings (SSSR count). The molecular formula is C11H12ClNaO3. The summed E-state index contributed by atoms with van der Waals surface area (Å²) in [7, 11) is 0. The number of benzene rings is 1. The molecule has 1 aromatic rings. The summed E-state index contributed by atoms with van der Waals surface area (Å²) in [4.78, 5) is 10.4. The van der Waals surface area contributed by atoms with Crippen molar-refractivity contribution in [1.29, 1.82) is 0 Å². The number of carboxylic acid groups (broad SMARTS) is 1. The molecule has 0 aromatic heterocycles. The number of carbonyl (C=O) groups is 1. The van der Waals surface area contributed by atoms with E-state index in [4.69, 9.17) is 21.4 Å². The van der Waals surface area contributed by atoms with E-state index in [-0.39, 0.29) is 36.0 Å². The van der Waals surface area contributed by atoms with Gasteiger partial charge in [-0.2, -0.15) is 0 Å². The van der Waals surface area contributed by atoms with Crippen LogP contribution in [0.5, 0.6) is 5.75 Å². The second-order valence-corrected chi connectivity index (χ2v) is 3.34. The summed E-state index contributed by atoms with van der Waals surface area (Å²) in [6.45, 7) is 3.89. The van der Waals surface area contributed by atoms with Crippen LogP contribution in [0.4, 0.5) is 0 Å². The first-order valence-corrected chi connectivity index (χ1v) is 4.75. The van der Waals surface area contributed by atoms with Gasteiger partial charge >= 0.3 is 35.5 Å². The number of halogens is 1. The molecule has 0 spiro atoms. The zero-order valence-corrected chi connectivity index (χ0v) is 8.83. The van der Waals surface area contributed by atoms with E-state index in [1.54, 1.807) is 24.3 Å². The maximum atomic E-state index is 10.4. The van der Waals surface area contributed by atoms with Crippen LogP contribution in [0.15, 0.2) is 30.9 Å². The molecule has 0 fully saturated rings. The summed E-state index contributed by atoms with van der Waals surface area (Å²) >= 11 is 5.90. The first-order chi connectivity index (χ1) is 7.13. The van der Waals surface area contributed by atoms with E-state index >= 15 is 0 Å². The first-order valence-electron chi connectivity index (χ1n) is 4.37. The molecule has 0 aliphatic carbocycles. The van der Waals surface area contributed by atoms with Gasteiger partial charge < -0.3 is 9.84 Å². The molecule has 3 nitrogen and oxygen atoms in total. The normalized spacial score (nSPS) is 9.06. The van der Waals surface area contributed by atoms with Crippen molar-refractivity contribution in [1.82, 2.24) is 0 Å². The van der Waals surface area contributed by atoms with E-state index in [0.29, 0.717) is 22.9 Å². The number of carboxylic acids is 1. The van der Waals surface area contributed by atoms with Gasteiger partial charge in [0, 0.05) is 0 Å². The quantitative estimate of drug-likeness (QED) is 0.641. The second-order valence-electron chi connectivity index (χ2n) is 2.93. The third-order valence-electron chi connectivity index (χ3n) is 1.71. The van der Waals surface area contributed by atoms with Crippen molar-refractivity contribution in [2.45, 2.75) is 6.42 Å². The molecule has 5 heteroatoms. The molecule has 0 amide bonds. The van der Waals surface area contributed by atoms with Crippen LogP contribution in [0.2, 0.25) is 5.02 Å². The van der Waals surface area contributed by atoms with Gasteiger partial charge in [0.2, 0.25) is 0 Å². The molecule has 0 heterocycles. The van der Waals surface area contributed by atoms with Crippen molar-refractivity contribution in [3.63, 3.8) is 0 Å². The van der Waals surface area contributed by atoms with Crippen LogP contribution in [0.25, 0.3) is 0 Å². The molecule has 82 valence electrons. The molecule has 0 aliphatic heterocycles. The summed E-state index contributed by atoms with van der Waals surface area (Å²) < 4.78 is 5.25. The zero-order valence-electron chi connectivity index (χ0n) is 8.07. The summed E-state index contributed by atoms with van der Waals surface area (Å²) in [5.41, 5.74) is 0.651. The van der Waals surface area contributed by atoms with Crippen LogP contribution in [0.1, 0.15) is 5.56 Å². The number of aliphatic carboxylic acids is 1. The van der Waals surface area contributed by atoms with E-state index in [1.165, 1.54) is 0 Å². The Morgan fingerprint density at radius 2 is 2.25 bits per heavy atom. The Kier molecular flexibility index (Phi) is 7.51. The van der Waals surface area contributed by atoms with Crippen molar-refractivity contribution in [3.05, 3.63) is 41.4 Å². The third-order valence-corrected chi connectivity index (χ3v) is 2.00. The molecule has 16 heavy (non-hydrogen) atoms. The Morgan fingerprint density at radius 1 is 1.56 bits per heavy atom. The molecule has 0 atom stereocenters. The zero-order chi connectivity index (χ0) is 11.3. The predicted molar refractivity (Wildman–Crippen MR) is 65.6 cm³/mol. The van der Waals surface area contributed by atoms with Gasteiger partial charge in [0.15, 0.2) is 0 Å². The van der Waals surface area contributed by atoms with Crippen LogP contribution in [0.3, 0.4) is 0 Å². The standard InChI is InChI=1S/C11H11ClO3.Na.H/c1-2-5-15-10-4-3-8(6-9(10)12)7-11(13)14;;/h2-4,6H,1,5,7H2,(H,13,14);;. The Labute approximate surface area is 121 Å². The number of rotatable bonds is 5. The van der Waals surface area contributed by atoms with Gasteiger partial charge in [-0.05, 0) is 17.7 Å². The summed E-state index contributed by atoms with van der Waals surface area (Å²) in [6.07, 6.45) is 1.57. The van der Waals surface area contributed by atoms with Crippen LogP contribution >= 0.6 is 11.6 Å². The molecule has 0 saturated heterocycles. The predicted octanol–water partition coefficient (Wildman–Crippen LogP) is 1.88. The van der Waals surface area contributed by atoms with E-state index in [2.05, 4.69) is 6.58 Å². The third kappa shape index (κ3) is 5.03. The monoisotopic (exact) mass is 250 g/mol. The number of hydrogen-bond acceptors (Lipinski definition) is 2. The fraction of sp³-hybridized carbons (Fsp3) is 0.182. The Hall–Kier alpha value is -0.480. The van der Waals surface area contributed by atoms with Gasteiger partial charge in [0.1, 0.15) is 12.4 Å². The minimum absolute atomic E-state index is 0. The Morgan fingerprint density at radius 3 is 2.75 bits per heavy atom. The van der Waals surface area contributed by atoms with Crippen molar-refractivity contribution in [2.75, 3.05) is 6.61 Å². The van der Waals surface area contributed by atoms with Crippen molar-refractivity contribution >= 4 is 47.1 Å². The van der Waals surface area contributed by atoms with Crippen molar-refractivity contribution in [3.8, 4) is 5.75 Å². The van der Waals surface area contributed by atoms with Gasteiger partial charge in [-0.25, -0.2) is 0 Å². The van der Waals surface area contributed by atoms with Crippen LogP contribution in [-0.4, -0.2) is 47.2 Å². The van der Waals surface area contributed by atoms with Crippen molar-refractivity contribution in [2.24, 2.45) is 0 Å². The van der Waals surface area contributed by atoms with E-state index in [0.717, 1.165) is 0 Å². The maximum absolute atomic E-state index is 10.4. The summed E-state index contributed by atoms with van der Waals surface area (Å²) in [5.74, 6) is -0.350. The number of ether oxygens (including phenoxy) is 1. The summed E-state index contributed by atoms with van der Waals surface area (Å²) in [5, 5.41) is 8.99. The molecule has 0 radical (unpaired) electrons. The van der Waals surface area contributed by atoms with Crippen LogP contribution in [0, 0.1) is 0 Å².